The molecule has 33 heavy (non-hydrogen) atoms. The summed E-state index contributed by atoms with van der Waals surface area (Å²) in [6.45, 7) is 22.2. The van der Waals surface area contributed by atoms with E-state index in [2.05, 4.69) is 78.3 Å². The summed E-state index contributed by atoms with van der Waals surface area (Å²) in [5.74, 6) is 1.57. The van der Waals surface area contributed by atoms with E-state index in [1.54, 1.807) is 0 Å². The van der Waals surface area contributed by atoms with Crippen LogP contribution in [0.25, 0.3) is 0 Å². The highest BCUT2D eigenvalue weighted by Crippen LogP contribution is 2.29. The summed E-state index contributed by atoms with van der Waals surface area (Å²) in [6.07, 6.45) is 6.11. The van der Waals surface area contributed by atoms with E-state index < -0.39 is 0 Å². The number of carbonyl (C=O) groups is 3. The fourth-order valence-electron chi connectivity index (χ4n) is 4.74. The van der Waals surface area contributed by atoms with Crippen molar-refractivity contribution in [3.8, 4) is 0 Å². The van der Waals surface area contributed by atoms with Gasteiger partial charge in [-0.25, -0.2) is 0 Å². The minimum Gasteiger partial charge on any atom is -0.356 e. The molecular weight excluding hydrogens is 414 g/mol. The molecule has 192 valence electrons. The third kappa shape index (κ3) is 13.0. The Balaban J connectivity index is 0.000000247. The van der Waals surface area contributed by atoms with Gasteiger partial charge in [0.05, 0.1) is 0 Å². The van der Waals surface area contributed by atoms with E-state index >= 15 is 0 Å². The molecule has 0 aliphatic carbocycles. The Hall–Kier alpha value is -1.59. The molecule has 2 unspecified atom stereocenters. The fraction of sp³-hybridized carbons (Fsp3) is 0.889. The highest BCUT2D eigenvalue weighted by Gasteiger charge is 2.30. The summed E-state index contributed by atoms with van der Waals surface area (Å²) >= 11 is 0. The highest BCUT2D eigenvalue weighted by molar-refractivity contribution is 5.81. The van der Waals surface area contributed by atoms with E-state index in [1.807, 2.05) is 0 Å². The van der Waals surface area contributed by atoms with Crippen LogP contribution in [0.15, 0.2) is 0 Å². The molecule has 3 aliphatic heterocycles. The van der Waals surface area contributed by atoms with Crippen LogP contribution in [0.2, 0.25) is 0 Å². The second kappa shape index (κ2) is 12.2. The summed E-state index contributed by atoms with van der Waals surface area (Å²) in [6, 6.07) is 0. The van der Waals surface area contributed by atoms with Gasteiger partial charge in [0.15, 0.2) is 0 Å². The molecule has 3 rings (SSSR count). The van der Waals surface area contributed by atoms with E-state index in [-0.39, 0.29) is 51.7 Å². The summed E-state index contributed by atoms with van der Waals surface area (Å²) < 4.78 is 0. The Morgan fingerprint density at radius 1 is 0.515 bits per heavy atom. The zero-order chi connectivity index (χ0) is 25.4. The third-order valence-corrected chi connectivity index (χ3v) is 6.06. The lowest BCUT2D eigenvalue weighted by molar-refractivity contribution is -0.123. The Morgan fingerprint density at radius 3 is 0.848 bits per heavy atom. The lowest BCUT2D eigenvalue weighted by Gasteiger charge is -2.20. The molecule has 0 saturated carbocycles. The van der Waals surface area contributed by atoms with E-state index in [9.17, 15) is 14.4 Å². The van der Waals surface area contributed by atoms with Crippen LogP contribution >= 0.6 is 0 Å². The van der Waals surface area contributed by atoms with Gasteiger partial charge < -0.3 is 16.0 Å². The van der Waals surface area contributed by atoms with E-state index in [4.69, 9.17) is 0 Å². The monoisotopic (exact) mass is 465 g/mol. The molecule has 0 aromatic carbocycles. The average molecular weight is 466 g/mol. The van der Waals surface area contributed by atoms with Gasteiger partial charge in [0.1, 0.15) is 0 Å². The molecule has 0 radical (unpaired) electrons. The molecule has 3 saturated heterocycles. The molecule has 3 heterocycles. The highest BCUT2D eigenvalue weighted by atomic mass is 16.2. The molecule has 3 fully saturated rings. The Bertz CT molecular complexity index is 563. The molecule has 3 N–H and O–H groups in total. The van der Waals surface area contributed by atoms with Gasteiger partial charge in [-0.05, 0) is 54.8 Å². The summed E-state index contributed by atoms with van der Waals surface area (Å²) in [7, 11) is 0. The van der Waals surface area contributed by atoms with E-state index in [0.29, 0.717) is 0 Å². The van der Waals surface area contributed by atoms with Gasteiger partial charge in [-0.15, -0.1) is 0 Å². The van der Waals surface area contributed by atoms with E-state index in [1.165, 1.54) is 0 Å². The van der Waals surface area contributed by atoms with Gasteiger partial charge in [-0.2, -0.15) is 0 Å². The Kier molecular flexibility index (Phi) is 10.9. The second-order valence-electron chi connectivity index (χ2n) is 13.6. The second-order valence-corrected chi connectivity index (χ2v) is 13.6. The first-order valence-corrected chi connectivity index (χ1v) is 12.8. The first-order chi connectivity index (χ1) is 15.0. The number of amides is 3. The first kappa shape index (κ1) is 29.4. The molecule has 6 heteroatoms. The molecule has 0 aromatic rings. The fourth-order valence-corrected chi connectivity index (χ4v) is 4.74. The van der Waals surface area contributed by atoms with Crippen LogP contribution in [0.3, 0.4) is 0 Å². The zero-order valence-electron chi connectivity index (χ0n) is 22.8. The van der Waals surface area contributed by atoms with Crippen LogP contribution in [-0.2, 0) is 14.4 Å². The van der Waals surface area contributed by atoms with Gasteiger partial charge in [0.25, 0.3) is 0 Å². The number of nitrogens with one attached hydrogen (secondary N) is 3. The van der Waals surface area contributed by atoms with Gasteiger partial charge in [0.2, 0.25) is 17.7 Å². The molecule has 6 nitrogen and oxygen atoms in total. The molecule has 0 aromatic heterocycles. The standard InChI is InChI=1S/3C9H17NO/c3*1-9(2,3)6-7-4-5-10-8(7)11/h3*7H,4-6H2,1-3H3,(H,10,11)/t7-;;/m0../s1. The molecular formula is C27H51N3O3. The predicted octanol–water partition coefficient (Wildman–Crippen LogP) is 4.68. The van der Waals surface area contributed by atoms with Crippen LogP contribution in [0.4, 0.5) is 0 Å². The number of carbonyl (C=O) groups excluding carboxylic acids is 3. The largest absolute Gasteiger partial charge is 0.356 e. The maximum Gasteiger partial charge on any atom is 0.223 e. The van der Waals surface area contributed by atoms with Crippen molar-refractivity contribution in [1.82, 2.24) is 16.0 Å². The number of hydrogen-bond donors (Lipinski definition) is 3. The third-order valence-electron chi connectivity index (χ3n) is 6.06. The maximum atomic E-state index is 11.1. The average Bonchev–Trinajstić information content (AvgIpc) is 3.30. The Labute approximate surface area is 202 Å². The van der Waals surface area contributed by atoms with Crippen molar-refractivity contribution >= 4 is 17.7 Å². The molecule has 0 bridgehead atoms. The number of hydrogen-bond acceptors (Lipinski definition) is 3. The van der Waals surface area contributed by atoms with Gasteiger partial charge >= 0.3 is 0 Å². The normalized spacial score (nSPS) is 25.4. The lowest BCUT2D eigenvalue weighted by Crippen LogP contribution is -2.22. The molecule has 0 spiro atoms. The lowest BCUT2D eigenvalue weighted by atomic mass is 9.84. The molecule has 3 atom stereocenters. The topological polar surface area (TPSA) is 87.3 Å². The van der Waals surface area contributed by atoms with Crippen molar-refractivity contribution in [2.75, 3.05) is 19.6 Å². The maximum absolute atomic E-state index is 11.1. The summed E-state index contributed by atoms with van der Waals surface area (Å²) in [5.41, 5.74) is 0.852. The van der Waals surface area contributed by atoms with E-state index in [0.717, 1.165) is 58.2 Å². The van der Waals surface area contributed by atoms with Crippen LogP contribution < -0.4 is 16.0 Å². The van der Waals surface area contributed by atoms with Crippen molar-refractivity contribution in [3.63, 3.8) is 0 Å². The zero-order valence-corrected chi connectivity index (χ0v) is 22.8. The van der Waals surface area contributed by atoms with Gasteiger partial charge in [-0.3, -0.25) is 14.4 Å². The SMILES string of the molecule is CC(C)(C)CC1CCNC1=O.CC(C)(C)CC1CCNC1=O.CC(C)(C)C[C@@H]1CCNC1=O. The van der Waals surface area contributed by atoms with Crippen molar-refractivity contribution in [2.45, 2.75) is 101 Å². The smallest absolute Gasteiger partial charge is 0.223 e. The minimum absolute atomic E-state index is 0.250. The quantitative estimate of drug-likeness (QED) is 0.566. The van der Waals surface area contributed by atoms with Crippen molar-refractivity contribution in [1.29, 1.82) is 0 Å². The summed E-state index contributed by atoms with van der Waals surface area (Å²) in [5, 5.41) is 8.56. The molecule has 3 aliphatic rings. The Morgan fingerprint density at radius 2 is 0.727 bits per heavy atom. The predicted molar refractivity (Wildman–Crippen MR) is 136 cm³/mol. The van der Waals surface area contributed by atoms with Crippen molar-refractivity contribution in [2.24, 2.45) is 34.0 Å². The number of rotatable bonds is 3. The van der Waals surface area contributed by atoms with Gasteiger partial charge in [-0.1, -0.05) is 62.3 Å². The van der Waals surface area contributed by atoms with Gasteiger partial charge in [0, 0.05) is 37.4 Å². The minimum atomic E-state index is 0.250. The summed E-state index contributed by atoms with van der Waals surface area (Å²) in [4.78, 5) is 33.4. The first-order valence-electron chi connectivity index (χ1n) is 12.8. The van der Waals surface area contributed by atoms with Crippen molar-refractivity contribution < 1.29 is 14.4 Å². The van der Waals surface area contributed by atoms with Crippen LogP contribution in [0, 0.1) is 34.0 Å². The van der Waals surface area contributed by atoms with Crippen LogP contribution in [-0.4, -0.2) is 37.4 Å². The van der Waals surface area contributed by atoms with Crippen LogP contribution in [0.5, 0.6) is 0 Å². The van der Waals surface area contributed by atoms with Crippen LogP contribution in [0.1, 0.15) is 101 Å². The molecule has 3 amide bonds. The van der Waals surface area contributed by atoms with Crippen molar-refractivity contribution in [3.05, 3.63) is 0 Å².